The number of methoxy groups -OCH3 is 1. The third kappa shape index (κ3) is 3.44. The molecule has 7 nitrogen and oxygen atoms in total. The maximum atomic E-state index is 13.5. The molecule has 2 N–H and O–H groups in total. The number of rotatable bonds is 3. The van der Waals surface area contributed by atoms with Gasteiger partial charge in [-0.2, -0.15) is 0 Å². The molecule has 30 heavy (non-hydrogen) atoms. The highest BCUT2D eigenvalue weighted by Gasteiger charge is 2.48. The van der Waals surface area contributed by atoms with Gasteiger partial charge in [-0.25, -0.2) is 9.18 Å². The first-order chi connectivity index (χ1) is 14.3. The standard InChI is InChI=1S/C21H15ClFN3O4/c1-30-15-4-2-13-10-26(18(27)16(13)9-15)11-21(19(28)24-20(29)25-21)7-6-12-8-14(23)3-5-17(12)22/h2-5,8-9H,10-11H2,1H3,(H2,24,25,28,29)/t21-/m1/s1. The average molecular weight is 428 g/mol. The number of nitrogens with zero attached hydrogens (tertiary/aromatic N) is 1. The largest absolute Gasteiger partial charge is 0.497 e. The normalized spacial score (nSPS) is 19.7. The summed E-state index contributed by atoms with van der Waals surface area (Å²) in [7, 11) is 1.50. The zero-order valence-electron chi connectivity index (χ0n) is 15.7. The Hall–Kier alpha value is -3.57. The molecule has 1 saturated heterocycles. The highest BCUT2D eigenvalue weighted by Crippen LogP contribution is 2.28. The van der Waals surface area contributed by atoms with Gasteiger partial charge in [0.2, 0.25) is 5.54 Å². The number of nitrogens with one attached hydrogen (secondary N) is 2. The van der Waals surface area contributed by atoms with Crippen molar-refractivity contribution >= 4 is 29.4 Å². The minimum atomic E-state index is -1.70. The molecule has 2 aliphatic heterocycles. The van der Waals surface area contributed by atoms with Gasteiger partial charge in [0.15, 0.2) is 0 Å². The Bertz CT molecular complexity index is 1160. The van der Waals surface area contributed by atoms with E-state index in [0.29, 0.717) is 11.3 Å². The molecule has 0 radical (unpaired) electrons. The van der Waals surface area contributed by atoms with Crippen molar-refractivity contribution in [1.82, 2.24) is 15.5 Å². The van der Waals surface area contributed by atoms with Crippen molar-refractivity contribution < 1.29 is 23.5 Å². The smallest absolute Gasteiger partial charge is 0.323 e. The van der Waals surface area contributed by atoms with Crippen LogP contribution in [0.15, 0.2) is 36.4 Å². The van der Waals surface area contributed by atoms with Crippen LogP contribution in [0.2, 0.25) is 5.02 Å². The number of hydrogen-bond acceptors (Lipinski definition) is 4. The van der Waals surface area contributed by atoms with Crippen molar-refractivity contribution in [3.63, 3.8) is 0 Å². The molecule has 0 aromatic heterocycles. The first-order valence-corrected chi connectivity index (χ1v) is 9.27. The Labute approximate surface area is 176 Å². The van der Waals surface area contributed by atoms with Gasteiger partial charge in [-0.3, -0.25) is 14.9 Å². The van der Waals surface area contributed by atoms with E-state index in [1.165, 1.54) is 24.1 Å². The number of hydrogen-bond donors (Lipinski definition) is 2. The molecule has 0 bridgehead atoms. The number of imide groups is 1. The first kappa shape index (κ1) is 19.7. The fourth-order valence-corrected chi connectivity index (χ4v) is 3.54. The lowest BCUT2D eigenvalue weighted by Gasteiger charge is -2.26. The minimum absolute atomic E-state index is 0.158. The van der Waals surface area contributed by atoms with Crippen LogP contribution in [0, 0.1) is 17.7 Å². The van der Waals surface area contributed by atoms with Crippen molar-refractivity contribution in [2.24, 2.45) is 0 Å². The second kappa shape index (κ2) is 7.35. The molecule has 1 atom stereocenters. The summed E-state index contributed by atoms with van der Waals surface area (Å²) in [6, 6.07) is 8.05. The first-order valence-electron chi connectivity index (χ1n) is 8.89. The predicted molar refractivity (Wildman–Crippen MR) is 105 cm³/mol. The highest BCUT2D eigenvalue weighted by molar-refractivity contribution is 6.31. The van der Waals surface area contributed by atoms with E-state index in [4.69, 9.17) is 16.3 Å². The minimum Gasteiger partial charge on any atom is -0.497 e. The summed E-state index contributed by atoms with van der Waals surface area (Å²) in [5.41, 5.74) is -0.322. The molecule has 0 spiro atoms. The van der Waals surface area contributed by atoms with Gasteiger partial charge in [-0.1, -0.05) is 29.5 Å². The molecule has 2 aromatic rings. The quantitative estimate of drug-likeness (QED) is 0.580. The Morgan fingerprint density at radius 3 is 2.73 bits per heavy atom. The van der Waals surface area contributed by atoms with Crippen molar-refractivity contribution in [2.45, 2.75) is 12.1 Å². The van der Waals surface area contributed by atoms with Crippen LogP contribution in [-0.4, -0.2) is 41.9 Å². The molecule has 0 saturated carbocycles. The summed E-state index contributed by atoms with van der Waals surface area (Å²) >= 11 is 6.04. The Morgan fingerprint density at radius 1 is 1.23 bits per heavy atom. The lowest BCUT2D eigenvalue weighted by molar-refractivity contribution is -0.122. The van der Waals surface area contributed by atoms with Crippen LogP contribution in [0.4, 0.5) is 9.18 Å². The zero-order valence-corrected chi connectivity index (χ0v) is 16.5. The van der Waals surface area contributed by atoms with Gasteiger partial charge in [0.25, 0.3) is 11.8 Å². The number of benzene rings is 2. The van der Waals surface area contributed by atoms with Crippen LogP contribution in [0.3, 0.4) is 0 Å². The molecule has 4 rings (SSSR count). The van der Waals surface area contributed by atoms with Gasteiger partial charge < -0.3 is 15.0 Å². The van der Waals surface area contributed by atoms with Gasteiger partial charge in [0.05, 0.1) is 18.7 Å². The molecule has 1 fully saturated rings. The monoisotopic (exact) mass is 427 g/mol. The number of fused-ring (bicyclic) bond motifs is 1. The van der Waals surface area contributed by atoms with Crippen LogP contribution in [-0.2, 0) is 11.3 Å². The van der Waals surface area contributed by atoms with E-state index < -0.39 is 23.3 Å². The van der Waals surface area contributed by atoms with E-state index in [1.54, 1.807) is 18.2 Å². The molecule has 9 heteroatoms. The predicted octanol–water partition coefficient (Wildman–Crippen LogP) is 2.07. The molecular formula is C21H15ClFN3O4. The summed E-state index contributed by atoms with van der Waals surface area (Å²) in [4.78, 5) is 38.7. The maximum Gasteiger partial charge on any atom is 0.323 e. The summed E-state index contributed by atoms with van der Waals surface area (Å²) < 4.78 is 18.7. The average Bonchev–Trinajstić information content (AvgIpc) is 3.18. The van der Waals surface area contributed by atoms with Crippen LogP contribution in [0.5, 0.6) is 5.75 Å². The van der Waals surface area contributed by atoms with E-state index in [2.05, 4.69) is 22.5 Å². The Balaban J connectivity index is 1.67. The summed E-state index contributed by atoms with van der Waals surface area (Å²) in [5.74, 6) is 4.32. The number of urea groups is 1. The summed E-state index contributed by atoms with van der Waals surface area (Å²) in [6.45, 7) is 0.0474. The van der Waals surface area contributed by atoms with Gasteiger partial charge in [0, 0.05) is 17.7 Å². The number of amides is 4. The van der Waals surface area contributed by atoms with Gasteiger partial charge >= 0.3 is 6.03 Å². The molecular weight excluding hydrogens is 413 g/mol. The van der Waals surface area contributed by atoms with Gasteiger partial charge in [-0.15, -0.1) is 0 Å². The van der Waals surface area contributed by atoms with Gasteiger partial charge in [-0.05, 0) is 35.9 Å². The third-order valence-corrected chi connectivity index (χ3v) is 5.23. The lowest BCUT2D eigenvalue weighted by atomic mass is 9.99. The molecule has 0 aliphatic carbocycles. The highest BCUT2D eigenvalue weighted by atomic mass is 35.5. The molecule has 4 amide bonds. The van der Waals surface area contributed by atoms with Crippen LogP contribution in [0.25, 0.3) is 0 Å². The van der Waals surface area contributed by atoms with E-state index in [9.17, 15) is 18.8 Å². The van der Waals surface area contributed by atoms with E-state index >= 15 is 0 Å². The zero-order chi connectivity index (χ0) is 21.5. The summed E-state index contributed by atoms with van der Waals surface area (Å²) in [6.07, 6.45) is 0. The van der Waals surface area contributed by atoms with Crippen LogP contribution in [0.1, 0.15) is 21.5 Å². The maximum absolute atomic E-state index is 13.5. The fourth-order valence-electron chi connectivity index (χ4n) is 3.38. The molecule has 2 aromatic carbocycles. The van der Waals surface area contributed by atoms with Crippen molar-refractivity contribution in [3.05, 3.63) is 63.9 Å². The molecule has 0 unspecified atom stereocenters. The van der Waals surface area contributed by atoms with Crippen LogP contribution >= 0.6 is 11.6 Å². The SMILES string of the molecule is COc1ccc2c(c1)C(=O)N(C[C@@]1(C#Cc3cc(F)ccc3Cl)NC(=O)NC1=O)C2. The topological polar surface area (TPSA) is 87.7 Å². The Morgan fingerprint density at radius 2 is 2.03 bits per heavy atom. The Kier molecular flexibility index (Phi) is 4.84. The van der Waals surface area contributed by atoms with Crippen LogP contribution < -0.4 is 15.4 Å². The molecule has 152 valence electrons. The number of carbonyl (C=O) groups is 3. The molecule has 2 aliphatic rings. The van der Waals surface area contributed by atoms with Crippen molar-refractivity contribution in [2.75, 3.05) is 13.7 Å². The number of ether oxygens (including phenoxy) is 1. The molecule has 2 heterocycles. The second-order valence-electron chi connectivity index (χ2n) is 6.87. The number of carbonyl (C=O) groups excluding carboxylic acids is 3. The van der Waals surface area contributed by atoms with E-state index in [0.717, 1.165) is 11.6 Å². The van der Waals surface area contributed by atoms with Gasteiger partial charge in [0.1, 0.15) is 11.6 Å². The van der Waals surface area contributed by atoms with E-state index in [-0.39, 0.29) is 29.6 Å². The van der Waals surface area contributed by atoms with Crippen molar-refractivity contribution in [3.8, 4) is 17.6 Å². The summed E-state index contributed by atoms with van der Waals surface area (Å²) in [5, 5.41) is 4.83. The van der Waals surface area contributed by atoms with E-state index in [1.807, 2.05) is 0 Å². The fraction of sp³-hybridized carbons (Fsp3) is 0.190. The second-order valence-corrected chi connectivity index (χ2v) is 7.28. The lowest BCUT2D eigenvalue weighted by Crippen LogP contribution is -2.54. The third-order valence-electron chi connectivity index (χ3n) is 4.90. The number of halogens is 2. The van der Waals surface area contributed by atoms with Crippen molar-refractivity contribution in [1.29, 1.82) is 0 Å².